The van der Waals surface area contributed by atoms with E-state index >= 15 is 0 Å². The summed E-state index contributed by atoms with van der Waals surface area (Å²) in [5.41, 5.74) is 6.39. The largest absolute Gasteiger partial charge is 0.390 e. The molecule has 3 heterocycles. The van der Waals surface area contributed by atoms with Gasteiger partial charge in [0.25, 0.3) is 0 Å². The molecule has 0 unspecified atom stereocenters. The molecule has 0 bridgehead atoms. The molecule has 2 N–H and O–H groups in total. The molecule has 0 saturated heterocycles. The normalized spacial score (nSPS) is 14.2. The van der Waals surface area contributed by atoms with Gasteiger partial charge in [-0.15, -0.1) is 0 Å². The van der Waals surface area contributed by atoms with E-state index in [0.717, 1.165) is 58.9 Å². The molecule has 5 rings (SSSR count). The van der Waals surface area contributed by atoms with Gasteiger partial charge >= 0.3 is 0 Å². The fourth-order valence-electron chi connectivity index (χ4n) is 3.78. The van der Waals surface area contributed by atoms with Crippen molar-refractivity contribution in [2.45, 2.75) is 38.9 Å². The SMILES string of the molecule is OCc1ccc2c(n1)c1nc(CO)ccc1c1nc3c(nc21)CCCC3. The third-order valence-electron chi connectivity index (χ3n) is 5.09. The average molecular weight is 346 g/mol. The van der Waals surface area contributed by atoms with Gasteiger partial charge in [0.15, 0.2) is 0 Å². The van der Waals surface area contributed by atoms with Crippen LogP contribution in [0, 0.1) is 0 Å². The summed E-state index contributed by atoms with van der Waals surface area (Å²) in [7, 11) is 0. The quantitative estimate of drug-likeness (QED) is 0.542. The third-order valence-corrected chi connectivity index (χ3v) is 5.09. The highest BCUT2D eigenvalue weighted by atomic mass is 16.3. The first-order valence-corrected chi connectivity index (χ1v) is 8.91. The summed E-state index contributed by atoms with van der Waals surface area (Å²) >= 11 is 0. The molecule has 0 aliphatic heterocycles. The Labute approximate surface area is 149 Å². The smallest absolute Gasteiger partial charge is 0.0992 e. The Morgan fingerprint density at radius 1 is 0.615 bits per heavy atom. The van der Waals surface area contributed by atoms with Gasteiger partial charge in [0.05, 0.1) is 58.1 Å². The first kappa shape index (κ1) is 15.5. The lowest BCUT2D eigenvalue weighted by Gasteiger charge is -2.16. The van der Waals surface area contributed by atoms with Crippen molar-refractivity contribution in [1.82, 2.24) is 19.9 Å². The van der Waals surface area contributed by atoms with Gasteiger partial charge in [-0.2, -0.15) is 0 Å². The van der Waals surface area contributed by atoms with Gasteiger partial charge in [0.2, 0.25) is 0 Å². The van der Waals surface area contributed by atoms with Crippen molar-refractivity contribution < 1.29 is 10.2 Å². The van der Waals surface area contributed by atoms with Crippen LogP contribution >= 0.6 is 0 Å². The van der Waals surface area contributed by atoms with E-state index in [1.807, 2.05) is 24.3 Å². The summed E-state index contributed by atoms with van der Waals surface area (Å²) in [6.45, 7) is -0.268. The van der Waals surface area contributed by atoms with Crippen LogP contribution in [0.1, 0.15) is 35.6 Å². The highest BCUT2D eigenvalue weighted by Gasteiger charge is 2.19. The molecular formula is C20H18N4O2. The molecule has 0 spiro atoms. The minimum atomic E-state index is -0.134. The second-order valence-corrected chi connectivity index (χ2v) is 6.74. The lowest BCUT2D eigenvalue weighted by molar-refractivity contribution is 0.277. The Bertz CT molecular complexity index is 1060. The van der Waals surface area contributed by atoms with Gasteiger partial charge in [-0.25, -0.2) is 19.9 Å². The fraction of sp³-hybridized carbons (Fsp3) is 0.300. The van der Waals surface area contributed by atoms with Gasteiger partial charge in [-0.3, -0.25) is 0 Å². The lowest BCUT2D eigenvalue weighted by atomic mass is 9.99. The van der Waals surface area contributed by atoms with Gasteiger partial charge < -0.3 is 10.2 Å². The van der Waals surface area contributed by atoms with Crippen molar-refractivity contribution in [2.24, 2.45) is 0 Å². The molecule has 0 atom stereocenters. The fourth-order valence-corrected chi connectivity index (χ4v) is 3.78. The van der Waals surface area contributed by atoms with Crippen molar-refractivity contribution in [3.05, 3.63) is 47.0 Å². The Balaban J connectivity index is 1.99. The molecule has 0 amide bonds. The maximum absolute atomic E-state index is 9.49. The number of pyridine rings is 2. The second-order valence-electron chi connectivity index (χ2n) is 6.74. The minimum Gasteiger partial charge on any atom is -0.390 e. The topological polar surface area (TPSA) is 92.0 Å². The number of aliphatic hydroxyl groups excluding tert-OH is 2. The molecule has 4 aromatic rings. The molecular weight excluding hydrogens is 328 g/mol. The van der Waals surface area contributed by atoms with Crippen molar-refractivity contribution in [3.8, 4) is 0 Å². The highest BCUT2D eigenvalue weighted by molar-refractivity contribution is 6.20. The molecule has 0 fully saturated rings. The molecule has 6 heteroatoms. The zero-order valence-corrected chi connectivity index (χ0v) is 14.2. The number of aliphatic hydroxyl groups is 2. The van der Waals surface area contributed by atoms with Gasteiger partial charge in [-0.05, 0) is 49.9 Å². The van der Waals surface area contributed by atoms with E-state index in [1.165, 1.54) is 0 Å². The van der Waals surface area contributed by atoms with Crippen molar-refractivity contribution in [1.29, 1.82) is 0 Å². The summed E-state index contributed by atoms with van der Waals surface area (Å²) in [4.78, 5) is 19.1. The van der Waals surface area contributed by atoms with Crippen LogP contribution in [0.5, 0.6) is 0 Å². The maximum Gasteiger partial charge on any atom is 0.0992 e. The van der Waals surface area contributed by atoms with Gasteiger partial charge in [0, 0.05) is 10.8 Å². The zero-order valence-electron chi connectivity index (χ0n) is 14.2. The molecule has 6 nitrogen and oxygen atoms in total. The predicted octanol–water partition coefficient (Wildman–Crippen LogP) is 2.59. The van der Waals surface area contributed by atoms with Crippen molar-refractivity contribution >= 4 is 32.8 Å². The van der Waals surface area contributed by atoms with Crippen molar-refractivity contribution in [2.75, 3.05) is 0 Å². The summed E-state index contributed by atoms with van der Waals surface area (Å²) in [6.07, 6.45) is 4.21. The molecule has 0 radical (unpaired) electrons. The van der Waals surface area contributed by atoms with Crippen LogP contribution in [0.25, 0.3) is 32.8 Å². The summed E-state index contributed by atoms with van der Waals surface area (Å²) < 4.78 is 0. The standard InChI is InChI=1S/C20H18N4O2/c25-9-11-5-7-13-17(21-11)18-14(8-6-12(10-26)22-18)20-19(13)23-15-3-1-2-4-16(15)24-20/h5-8,25-26H,1-4,9-10H2. The number of hydrogen-bond acceptors (Lipinski definition) is 6. The number of nitrogens with zero attached hydrogens (tertiary/aromatic N) is 4. The summed E-state index contributed by atoms with van der Waals surface area (Å²) in [5.74, 6) is 0. The van der Waals surface area contributed by atoms with Crippen molar-refractivity contribution in [3.63, 3.8) is 0 Å². The number of rotatable bonds is 2. The summed E-state index contributed by atoms with van der Waals surface area (Å²) in [6, 6.07) is 7.50. The molecule has 3 aromatic heterocycles. The van der Waals surface area contributed by atoms with E-state index in [1.54, 1.807) is 0 Å². The third kappa shape index (κ3) is 2.26. The molecule has 26 heavy (non-hydrogen) atoms. The van der Waals surface area contributed by atoms with E-state index in [2.05, 4.69) is 9.97 Å². The first-order chi connectivity index (χ1) is 12.8. The molecule has 1 aliphatic carbocycles. The Morgan fingerprint density at radius 3 is 1.46 bits per heavy atom. The van der Waals surface area contributed by atoms with Gasteiger partial charge in [0.1, 0.15) is 0 Å². The minimum absolute atomic E-state index is 0.134. The predicted molar refractivity (Wildman–Crippen MR) is 98.6 cm³/mol. The monoisotopic (exact) mass is 346 g/mol. The van der Waals surface area contributed by atoms with E-state index in [4.69, 9.17) is 9.97 Å². The maximum atomic E-state index is 9.49. The molecule has 130 valence electrons. The molecule has 0 saturated carbocycles. The number of aromatic nitrogens is 4. The van der Waals surface area contributed by atoms with Crippen LogP contribution in [0.3, 0.4) is 0 Å². The second kappa shape index (κ2) is 5.93. The average Bonchev–Trinajstić information content (AvgIpc) is 2.71. The summed E-state index contributed by atoms with van der Waals surface area (Å²) in [5, 5.41) is 20.7. The van der Waals surface area contributed by atoms with E-state index in [0.29, 0.717) is 22.4 Å². The van der Waals surface area contributed by atoms with Crippen LogP contribution in [0.15, 0.2) is 24.3 Å². The molecule has 1 aromatic carbocycles. The number of fused-ring (bicyclic) bond motifs is 7. The van der Waals surface area contributed by atoms with Crippen LogP contribution < -0.4 is 0 Å². The van der Waals surface area contributed by atoms with Crippen LogP contribution in [-0.2, 0) is 26.1 Å². The highest BCUT2D eigenvalue weighted by Crippen LogP contribution is 2.33. The number of aryl methyl sites for hydroxylation is 2. The Kier molecular flexibility index (Phi) is 3.55. The Hall–Kier alpha value is -2.70. The number of hydrogen-bond donors (Lipinski definition) is 2. The van der Waals surface area contributed by atoms with Crippen LogP contribution in [0.4, 0.5) is 0 Å². The number of benzene rings is 1. The lowest BCUT2D eigenvalue weighted by Crippen LogP contribution is -2.09. The zero-order chi connectivity index (χ0) is 17.7. The molecule has 1 aliphatic rings. The van der Waals surface area contributed by atoms with E-state index in [9.17, 15) is 10.2 Å². The first-order valence-electron chi connectivity index (χ1n) is 8.91. The van der Waals surface area contributed by atoms with Crippen LogP contribution in [-0.4, -0.2) is 30.1 Å². The van der Waals surface area contributed by atoms with E-state index < -0.39 is 0 Å². The van der Waals surface area contributed by atoms with E-state index in [-0.39, 0.29) is 13.2 Å². The van der Waals surface area contributed by atoms with Crippen LogP contribution in [0.2, 0.25) is 0 Å². The Morgan fingerprint density at radius 2 is 1.04 bits per heavy atom. The van der Waals surface area contributed by atoms with Gasteiger partial charge in [-0.1, -0.05) is 0 Å².